The molecule has 1 aromatic carbocycles. The van der Waals surface area contributed by atoms with Crippen molar-refractivity contribution in [1.82, 2.24) is 5.32 Å². The van der Waals surface area contributed by atoms with Gasteiger partial charge in [0.1, 0.15) is 0 Å². The summed E-state index contributed by atoms with van der Waals surface area (Å²) in [7, 11) is 0. The maximum Gasteiger partial charge on any atom is 0.0407 e. The van der Waals surface area contributed by atoms with Crippen LogP contribution in [0.4, 0.5) is 5.69 Å². The fourth-order valence-electron chi connectivity index (χ4n) is 3.69. The summed E-state index contributed by atoms with van der Waals surface area (Å²) in [5.41, 5.74) is 1.32. The number of halogens is 1. The van der Waals surface area contributed by atoms with Gasteiger partial charge in [-0.05, 0) is 56.0 Å². The quantitative estimate of drug-likeness (QED) is 0.883. The topological polar surface area (TPSA) is 15.3 Å². The van der Waals surface area contributed by atoms with E-state index in [-0.39, 0.29) is 0 Å². The summed E-state index contributed by atoms with van der Waals surface area (Å²) in [6.07, 6.45) is 8.32. The van der Waals surface area contributed by atoms with Crippen LogP contribution in [0.5, 0.6) is 0 Å². The van der Waals surface area contributed by atoms with Crippen LogP contribution in [-0.4, -0.2) is 25.7 Å². The van der Waals surface area contributed by atoms with E-state index < -0.39 is 0 Å². The molecule has 1 aliphatic heterocycles. The first-order chi connectivity index (χ1) is 9.83. The Balaban J connectivity index is 1.69. The van der Waals surface area contributed by atoms with E-state index in [9.17, 15) is 0 Å². The molecule has 2 nitrogen and oxygen atoms in total. The Labute approximate surface area is 127 Å². The van der Waals surface area contributed by atoms with Gasteiger partial charge in [0.2, 0.25) is 0 Å². The average molecular weight is 293 g/mol. The third kappa shape index (κ3) is 3.48. The molecule has 1 heterocycles. The Hall–Kier alpha value is -0.730. The SMILES string of the molecule is Clc1ccc(N2CCCNC(C3CCCCC3)C2)cc1. The fraction of sp³-hybridized carbons (Fsp3) is 0.647. The zero-order valence-corrected chi connectivity index (χ0v) is 12.9. The zero-order chi connectivity index (χ0) is 13.8. The van der Waals surface area contributed by atoms with Crippen molar-refractivity contribution in [2.45, 2.75) is 44.6 Å². The lowest BCUT2D eigenvalue weighted by Gasteiger charge is -2.33. The number of rotatable bonds is 2. The molecule has 1 saturated heterocycles. The van der Waals surface area contributed by atoms with Crippen molar-refractivity contribution in [3.05, 3.63) is 29.3 Å². The van der Waals surface area contributed by atoms with Crippen molar-refractivity contribution in [2.75, 3.05) is 24.5 Å². The zero-order valence-electron chi connectivity index (χ0n) is 12.2. The van der Waals surface area contributed by atoms with Crippen molar-refractivity contribution in [2.24, 2.45) is 5.92 Å². The smallest absolute Gasteiger partial charge is 0.0407 e. The van der Waals surface area contributed by atoms with Crippen LogP contribution in [-0.2, 0) is 0 Å². The monoisotopic (exact) mass is 292 g/mol. The Morgan fingerprint density at radius 2 is 1.75 bits per heavy atom. The molecular weight excluding hydrogens is 268 g/mol. The normalized spacial score (nSPS) is 25.4. The predicted octanol–water partition coefficient (Wildman–Crippen LogP) is 4.09. The summed E-state index contributed by atoms with van der Waals surface area (Å²) in [5, 5.41) is 4.62. The molecule has 1 atom stereocenters. The fourth-order valence-corrected chi connectivity index (χ4v) is 3.82. The third-order valence-corrected chi connectivity index (χ3v) is 5.09. The van der Waals surface area contributed by atoms with E-state index in [2.05, 4.69) is 22.3 Å². The molecule has 1 unspecified atom stereocenters. The lowest BCUT2D eigenvalue weighted by Crippen LogP contribution is -2.43. The van der Waals surface area contributed by atoms with Gasteiger partial charge < -0.3 is 10.2 Å². The second-order valence-corrected chi connectivity index (χ2v) is 6.67. The van der Waals surface area contributed by atoms with Crippen molar-refractivity contribution in [3.8, 4) is 0 Å². The minimum atomic E-state index is 0.661. The molecule has 1 aromatic rings. The Kier molecular flexibility index (Phi) is 4.85. The van der Waals surface area contributed by atoms with Gasteiger partial charge in [-0.25, -0.2) is 0 Å². The van der Waals surface area contributed by atoms with Crippen LogP contribution < -0.4 is 10.2 Å². The second-order valence-electron chi connectivity index (χ2n) is 6.23. The van der Waals surface area contributed by atoms with E-state index in [0.29, 0.717) is 6.04 Å². The number of nitrogens with zero attached hydrogens (tertiary/aromatic N) is 1. The van der Waals surface area contributed by atoms with Gasteiger partial charge in [-0.15, -0.1) is 0 Å². The molecule has 3 heteroatoms. The van der Waals surface area contributed by atoms with Crippen LogP contribution in [0.1, 0.15) is 38.5 Å². The number of hydrogen-bond acceptors (Lipinski definition) is 2. The van der Waals surface area contributed by atoms with E-state index in [1.165, 1.54) is 44.2 Å². The van der Waals surface area contributed by atoms with Crippen LogP contribution in [0.3, 0.4) is 0 Å². The van der Waals surface area contributed by atoms with E-state index in [0.717, 1.165) is 30.6 Å². The summed E-state index contributed by atoms with van der Waals surface area (Å²) in [6, 6.07) is 8.99. The molecule has 110 valence electrons. The standard InChI is InChI=1S/C17H25ClN2/c18-15-7-9-16(10-8-15)20-12-4-11-19-17(13-20)14-5-2-1-3-6-14/h7-10,14,17,19H,1-6,11-13H2. The van der Waals surface area contributed by atoms with E-state index in [4.69, 9.17) is 11.6 Å². The van der Waals surface area contributed by atoms with Gasteiger partial charge in [0.15, 0.2) is 0 Å². The Bertz CT molecular complexity index is 412. The van der Waals surface area contributed by atoms with Gasteiger partial charge in [0, 0.05) is 29.8 Å². The summed E-state index contributed by atoms with van der Waals surface area (Å²) < 4.78 is 0. The van der Waals surface area contributed by atoms with Crippen LogP contribution in [0.2, 0.25) is 5.02 Å². The highest BCUT2D eigenvalue weighted by molar-refractivity contribution is 6.30. The molecule has 0 amide bonds. The Morgan fingerprint density at radius 3 is 2.50 bits per heavy atom. The first kappa shape index (κ1) is 14.2. The molecular formula is C17H25ClN2. The average Bonchev–Trinajstić information content (AvgIpc) is 2.75. The van der Waals surface area contributed by atoms with Gasteiger partial charge in [0.05, 0.1) is 0 Å². The highest BCUT2D eigenvalue weighted by Crippen LogP contribution is 2.29. The maximum atomic E-state index is 6.00. The lowest BCUT2D eigenvalue weighted by molar-refractivity contribution is 0.277. The van der Waals surface area contributed by atoms with E-state index in [1.807, 2.05) is 12.1 Å². The second kappa shape index (κ2) is 6.82. The number of anilines is 1. The number of benzene rings is 1. The van der Waals surface area contributed by atoms with Crippen LogP contribution >= 0.6 is 11.6 Å². The summed E-state index contributed by atoms with van der Waals surface area (Å²) in [5.74, 6) is 0.872. The molecule has 20 heavy (non-hydrogen) atoms. The minimum absolute atomic E-state index is 0.661. The highest BCUT2D eigenvalue weighted by atomic mass is 35.5. The molecule has 1 saturated carbocycles. The van der Waals surface area contributed by atoms with Gasteiger partial charge in [-0.2, -0.15) is 0 Å². The van der Waals surface area contributed by atoms with Crippen molar-refractivity contribution in [1.29, 1.82) is 0 Å². The first-order valence-electron chi connectivity index (χ1n) is 8.07. The molecule has 0 bridgehead atoms. The van der Waals surface area contributed by atoms with Crippen molar-refractivity contribution < 1.29 is 0 Å². The van der Waals surface area contributed by atoms with Gasteiger partial charge in [-0.1, -0.05) is 30.9 Å². The minimum Gasteiger partial charge on any atom is -0.370 e. The van der Waals surface area contributed by atoms with Crippen LogP contribution in [0.15, 0.2) is 24.3 Å². The van der Waals surface area contributed by atoms with Crippen molar-refractivity contribution in [3.63, 3.8) is 0 Å². The largest absolute Gasteiger partial charge is 0.370 e. The van der Waals surface area contributed by atoms with Crippen molar-refractivity contribution >= 4 is 17.3 Å². The number of nitrogens with one attached hydrogen (secondary N) is 1. The number of hydrogen-bond donors (Lipinski definition) is 1. The lowest BCUT2D eigenvalue weighted by atomic mass is 9.83. The van der Waals surface area contributed by atoms with Gasteiger partial charge in [-0.3, -0.25) is 0 Å². The van der Waals surface area contributed by atoms with E-state index >= 15 is 0 Å². The molecule has 2 fully saturated rings. The molecule has 2 aliphatic rings. The van der Waals surface area contributed by atoms with E-state index in [1.54, 1.807) is 0 Å². The summed E-state index contributed by atoms with van der Waals surface area (Å²) >= 11 is 6.00. The molecule has 1 N–H and O–H groups in total. The highest BCUT2D eigenvalue weighted by Gasteiger charge is 2.26. The molecule has 1 aliphatic carbocycles. The third-order valence-electron chi connectivity index (χ3n) is 4.84. The molecule has 0 aromatic heterocycles. The molecule has 3 rings (SSSR count). The first-order valence-corrected chi connectivity index (χ1v) is 8.44. The van der Waals surface area contributed by atoms with Gasteiger partial charge >= 0.3 is 0 Å². The molecule has 0 spiro atoms. The van der Waals surface area contributed by atoms with Gasteiger partial charge in [0.25, 0.3) is 0 Å². The summed E-state index contributed by atoms with van der Waals surface area (Å²) in [4.78, 5) is 2.54. The molecule has 0 radical (unpaired) electrons. The van der Waals surface area contributed by atoms with Crippen LogP contribution in [0.25, 0.3) is 0 Å². The predicted molar refractivity (Wildman–Crippen MR) is 86.6 cm³/mol. The maximum absolute atomic E-state index is 6.00. The van der Waals surface area contributed by atoms with Crippen LogP contribution in [0, 0.1) is 5.92 Å². The summed E-state index contributed by atoms with van der Waals surface area (Å²) in [6.45, 7) is 3.45. The Morgan fingerprint density at radius 1 is 1.00 bits per heavy atom.